The minimum absolute atomic E-state index is 0.104. The third-order valence-corrected chi connectivity index (χ3v) is 4.28. The highest BCUT2D eigenvalue weighted by Gasteiger charge is 2.23. The second-order valence-corrected chi connectivity index (χ2v) is 6.55. The van der Waals surface area contributed by atoms with Crippen molar-refractivity contribution < 1.29 is 9.59 Å². The monoisotopic (exact) mass is 337 g/mol. The minimum Gasteiger partial charge on any atom is -0.339 e. The minimum atomic E-state index is 0.104. The lowest BCUT2D eigenvalue weighted by Crippen LogP contribution is -2.51. The van der Waals surface area contributed by atoms with E-state index in [9.17, 15) is 9.59 Å². The van der Waals surface area contributed by atoms with E-state index >= 15 is 0 Å². The molecule has 0 saturated carbocycles. The molecule has 0 unspecified atom stereocenters. The van der Waals surface area contributed by atoms with Gasteiger partial charge in [0.25, 0.3) is 0 Å². The highest BCUT2D eigenvalue weighted by atomic mass is 35.5. The second kappa shape index (κ2) is 8.31. The van der Waals surface area contributed by atoms with Gasteiger partial charge in [-0.3, -0.25) is 9.59 Å². The van der Waals surface area contributed by atoms with Crippen molar-refractivity contribution in [1.29, 1.82) is 0 Å². The van der Waals surface area contributed by atoms with Crippen molar-refractivity contribution in [3.8, 4) is 0 Å². The lowest BCUT2D eigenvalue weighted by molar-refractivity contribution is -0.139. The Bertz CT molecular complexity index is 537. The zero-order chi connectivity index (χ0) is 16.8. The maximum atomic E-state index is 12.3. The van der Waals surface area contributed by atoms with Crippen LogP contribution in [0.4, 0.5) is 0 Å². The predicted molar refractivity (Wildman–Crippen MR) is 91.5 cm³/mol. The molecule has 1 aromatic rings. The van der Waals surface area contributed by atoms with Gasteiger partial charge in [-0.2, -0.15) is 0 Å². The maximum absolute atomic E-state index is 12.3. The number of rotatable bonds is 5. The largest absolute Gasteiger partial charge is 0.339 e. The van der Waals surface area contributed by atoms with E-state index in [4.69, 9.17) is 11.6 Å². The lowest BCUT2D eigenvalue weighted by atomic mass is 10.1. The molecule has 0 spiro atoms. The van der Waals surface area contributed by atoms with Gasteiger partial charge in [-0.25, -0.2) is 0 Å². The van der Waals surface area contributed by atoms with Gasteiger partial charge >= 0.3 is 0 Å². The molecular weight excluding hydrogens is 314 g/mol. The van der Waals surface area contributed by atoms with E-state index in [2.05, 4.69) is 0 Å². The highest BCUT2D eigenvalue weighted by Crippen LogP contribution is 2.12. The van der Waals surface area contributed by atoms with Crippen LogP contribution in [0.2, 0.25) is 5.02 Å². The molecule has 0 aliphatic carbocycles. The molecule has 1 aliphatic heterocycles. The topological polar surface area (TPSA) is 43.9 Å². The van der Waals surface area contributed by atoms with Crippen LogP contribution in [0, 0.1) is 0 Å². The second-order valence-electron chi connectivity index (χ2n) is 6.12. The summed E-state index contributed by atoms with van der Waals surface area (Å²) < 4.78 is 0. The number of hydrogen-bond donors (Lipinski definition) is 0. The fourth-order valence-electron chi connectivity index (χ4n) is 2.57. The van der Waals surface area contributed by atoms with Crippen molar-refractivity contribution in [2.24, 2.45) is 0 Å². The Morgan fingerprint density at radius 3 is 2.04 bits per heavy atom. The third kappa shape index (κ3) is 5.52. The molecule has 2 rings (SSSR count). The van der Waals surface area contributed by atoms with Crippen LogP contribution in [-0.4, -0.2) is 73.3 Å². The van der Waals surface area contributed by atoms with Crippen LogP contribution >= 0.6 is 11.6 Å². The summed E-state index contributed by atoms with van der Waals surface area (Å²) in [6.07, 6.45) is 0.914. The number of amides is 2. The Hall–Kier alpha value is -1.59. The zero-order valence-corrected chi connectivity index (χ0v) is 14.6. The summed E-state index contributed by atoms with van der Waals surface area (Å²) in [6.45, 7) is 3.23. The smallest absolute Gasteiger partial charge is 0.227 e. The molecule has 1 aliphatic rings. The molecule has 1 aromatic carbocycles. The summed E-state index contributed by atoms with van der Waals surface area (Å²) in [4.78, 5) is 30.1. The molecule has 0 atom stereocenters. The van der Waals surface area contributed by atoms with E-state index in [0.29, 0.717) is 44.0 Å². The van der Waals surface area contributed by atoms with Gasteiger partial charge in [0.1, 0.15) is 0 Å². The Labute approximate surface area is 142 Å². The molecule has 1 fully saturated rings. The zero-order valence-electron chi connectivity index (χ0n) is 13.8. The number of piperazine rings is 1. The van der Waals surface area contributed by atoms with E-state index in [1.807, 2.05) is 40.9 Å². The first-order valence-corrected chi connectivity index (χ1v) is 8.28. The molecule has 0 aromatic heterocycles. The first kappa shape index (κ1) is 17.8. The van der Waals surface area contributed by atoms with Crippen molar-refractivity contribution >= 4 is 23.4 Å². The average Bonchev–Trinajstić information content (AvgIpc) is 2.55. The summed E-state index contributed by atoms with van der Waals surface area (Å²) in [7, 11) is 3.92. The number of hydrogen-bond acceptors (Lipinski definition) is 3. The molecule has 0 N–H and O–H groups in total. The van der Waals surface area contributed by atoms with Crippen molar-refractivity contribution in [3.63, 3.8) is 0 Å². The number of carbonyl (C=O) groups is 2. The first-order chi connectivity index (χ1) is 11.0. The molecule has 6 heteroatoms. The first-order valence-electron chi connectivity index (χ1n) is 7.90. The third-order valence-electron chi connectivity index (χ3n) is 4.03. The molecule has 1 heterocycles. The molecule has 1 saturated heterocycles. The van der Waals surface area contributed by atoms with Crippen molar-refractivity contribution in [2.75, 3.05) is 46.8 Å². The van der Waals surface area contributed by atoms with Gasteiger partial charge in [0, 0.05) is 44.2 Å². The molecule has 0 radical (unpaired) electrons. The van der Waals surface area contributed by atoms with Gasteiger partial charge in [0.05, 0.1) is 6.42 Å². The summed E-state index contributed by atoms with van der Waals surface area (Å²) in [6, 6.07) is 7.35. The molecule has 2 amide bonds. The van der Waals surface area contributed by atoms with E-state index < -0.39 is 0 Å². The van der Waals surface area contributed by atoms with Crippen LogP contribution in [-0.2, 0) is 16.0 Å². The van der Waals surface area contributed by atoms with Crippen molar-refractivity contribution in [1.82, 2.24) is 14.7 Å². The van der Waals surface area contributed by atoms with Crippen molar-refractivity contribution in [3.05, 3.63) is 34.9 Å². The summed E-state index contributed by atoms with van der Waals surface area (Å²) in [5.74, 6) is 0.274. The van der Waals surface area contributed by atoms with E-state index in [-0.39, 0.29) is 11.8 Å². The number of nitrogens with zero attached hydrogens (tertiary/aromatic N) is 3. The van der Waals surface area contributed by atoms with Gasteiger partial charge in [0.2, 0.25) is 11.8 Å². The van der Waals surface area contributed by atoms with Crippen LogP contribution in [0.25, 0.3) is 0 Å². The molecule has 0 bridgehead atoms. The lowest BCUT2D eigenvalue weighted by Gasteiger charge is -2.35. The normalized spacial score (nSPS) is 15.1. The van der Waals surface area contributed by atoms with Gasteiger partial charge in [0.15, 0.2) is 0 Å². The van der Waals surface area contributed by atoms with Crippen LogP contribution in [0.3, 0.4) is 0 Å². The Kier molecular flexibility index (Phi) is 6.42. The molecule has 5 nitrogen and oxygen atoms in total. The molecule has 23 heavy (non-hydrogen) atoms. The van der Waals surface area contributed by atoms with Crippen molar-refractivity contribution in [2.45, 2.75) is 12.8 Å². The average molecular weight is 338 g/mol. The number of carbonyl (C=O) groups excluding carboxylic acids is 2. The Balaban J connectivity index is 1.78. The van der Waals surface area contributed by atoms with E-state index in [1.54, 1.807) is 12.1 Å². The van der Waals surface area contributed by atoms with Crippen LogP contribution in [0.15, 0.2) is 24.3 Å². The van der Waals surface area contributed by atoms with Gasteiger partial charge in [-0.1, -0.05) is 23.7 Å². The van der Waals surface area contributed by atoms with E-state index in [0.717, 1.165) is 12.1 Å². The summed E-state index contributed by atoms with van der Waals surface area (Å²) in [5, 5.41) is 0.672. The Morgan fingerprint density at radius 2 is 1.52 bits per heavy atom. The van der Waals surface area contributed by atoms with E-state index in [1.165, 1.54) is 0 Å². The number of halogens is 1. The molecular formula is C17H24ClN3O2. The highest BCUT2D eigenvalue weighted by molar-refractivity contribution is 6.30. The fraction of sp³-hybridized carbons (Fsp3) is 0.529. The van der Waals surface area contributed by atoms with Crippen LogP contribution < -0.4 is 0 Å². The number of benzene rings is 1. The van der Waals surface area contributed by atoms with Gasteiger partial charge < -0.3 is 14.7 Å². The van der Waals surface area contributed by atoms with Gasteiger partial charge in [-0.05, 0) is 31.8 Å². The quantitative estimate of drug-likeness (QED) is 0.818. The standard InChI is InChI=1S/C17H24ClN3O2/c1-19(2)8-7-16(22)20-9-11-21(12-10-20)17(23)13-14-3-5-15(18)6-4-14/h3-6H,7-13H2,1-2H3. The maximum Gasteiger partial charge on any atom is 0.227 e. The molecule has 126 valence electrons. The summed E-state index contributed by atoms with van der Waals surface area (Å²) in [5.41, 5.74) is 0.962. The van der Waals surface area contributed by atoms with Crippen LogP contribution in [0.1, 0.15) is 12.0 Å². The fourth-order valence-corrected chi connectivity index (χ4v) is 2.70. The van der Waals surface area contributed by atoms with Crippen LogP contribution in [0.5, 0.6) is 0 Å². The predicted octanol–water partition coefficient (Wildman–Crippen LogP) is 1.50. The van der Waals surface area contributed by atoms with Gasteiger partial charge in [-0.15, -0.1) is 0 Å². The Morgan fingerprint density at radius 1 is 1.00 bits per heavy atom. The summed E-state index contributed by atoms with van der Waals surface area (Å²) >= 11 is 5.85. The SMILES string of the molecule is CN(C)CCC(=O)N1CCN(C(=O)Cc2ccc(Cl)cc2)CC1.